The van der Waals surface area contributed by atoms with Crippen LogP contribution >= 0.6 is 11.8 Å². The monoisotopic (exact) mass is 240 g/mol. The second-order valence-electron chi connectivity index (χ2n) is 4.08. The van der Waals surface area contributed by atoms with Gasteiger partial charge in [-0.05, 0) is 12.8 Å². The van der Waals surface area contributed by atoms with Crippen molar-refractivity contribution in [2.45, 2.75) is 42.1 Å². The molecule has 6 heteroatoms. The molecule has 1 aliphatic rings. The number of anilines is 1. The molecular weight excluding hydrogens is 224 g/mol. The molecule has 1 heterocycles. The minimum Gasteiger partial charge on any atom is -0.383 e. The average Bonchev–Trinajstić information content (AvgIpc) is 2.20. The molecule has 16 heavy (non-hydrogen) atoms. The van der Waals surface area contributed by atoms with E-state index in [1.54, 1.807) is 0 Å². The molecule has 2 atom stereocenters. The Morgan fingerprint density at radius 1 is 1.44 bits per heavy atom. The van der Waals surface area contributed by atoms with Crippen LogP contribution in [0.25, 0.3) is 0 Å². The second-order valence-corrected chi connectivity index (χ2v) is 5.31. The zero-order valence-corrected chi connectivity index (χ0v) is 9.80. The van der Waals surface area contributed by atoms with Crippen LogP contribution in [0.15, 0.2) is 16.0 Å². The fraction of sp³-hybridized carbons (Fsp3) is 0.600. The smallest absolute Gasteiger partial charge is 0.253 e. The first kappa shape index (κ1) is 11.5. The number of H-pyrrole nitrogens is 1. The van der Waals surface area contributed by atoms with E-state index in [2.05, 4.69) is 9.97 Å². The van der Waals surface area contributed by atoms with Gasteiger partial charge in [0, 0.05) is 17.4 Å². The number of rotatable bonds is 2. The van der Waals surface area contributed by atoms with E-state index in [-0.39, 0.29) is 17.4 Å². The van der Waals surface area contributed by atoms with Gasteiger partial charge in [0.2, 0.25) is 0 Å². The summed E-state index contributed by atoms with van der Waals surface area (Å²) in [5.41, 5.74) is 11.3. The van der Waals surface area contributed by atoms with Crippen LogP contribution in [0.4, 0.5) is 5.82 Å². The maximum Gasteiger partial charge on any atom is 0.253 e. The van der Waals surface area contributed by atoms with E-state index in [9.17, 15) is 4.79 Å². The van der Waals surface area contributed by atoms with Gasteiger partial charge in [0.1, 0.15) is 5.82 Å². The number of nitrogen functional groups attached to an aromatic ring is 1. The molecule has 1 aliphatic carbocycles. The number of thioether (sulfide) groups is 1. The van der Waals surface area contributed by atoms with Crippen molar-refractivity contribution in [3.8, 4) is 0 Å². The molecule has 0 spiro atoms. The Morgan fingerprint density at radius 3 is 2.88 bits per heavy atom. The summed E-state index contributed by atoms with van der Waals surface area (Å²) in [6.07, 6.45) is 4.51. The summed E-state index contributed by atoms with van der Waals surface area (Å²) in [4.78, 5) is 18.0. The van der Waals surface area contributed by atoms with Crippen LogP contribution in [0.5, 0.6) is 0 Å². The zero-order chi connectivity index (χ0) is 11.5. The van der Waals surface area contributed by atoms with Crippen molar-refractivity contribution in [3.05, 3.63) is 16.4 Å². The molecule has 0 aromatic carbocycles. The lowest BCUT2D eigenvalue weighted by atomic mass is 9.96. The molecule has 88 valence electrons. The van der Waals surface area contributed by atoms with Crippen molar-refractivity contribution in [2.75, 3.05) is 5.73 Å². The Bertz CT molecular complexity index is 420. The average molecular weight is 240 g/mol. The quantitative estimate of drug-likeness (QED) is 0.661. The molecule has 1 aromatic heterocycles. The first-order valence-electron chi connectivity index (χ1n) is 5.44. The van der Waals surface area contributed by atoms with E-state index in [0.29, 0.717) is 10.4 Å². The maximum absolute atomic E-state index is 11.2. The topological polar surface area (TPSA) is 97.8 Å². The Labute approximate surface area is 98.0 Å². The van der Waals surface area contributed by atoms with Crippen LogP contribution in [0, 0.1) is 0 Å². The first-order valence-corrected chi connectivity index (χ1v) is 6.32. The summed E-state index contributed by atoms with van der Waals surface area (Å²) in [7, 11) is 0. The van der Waals surface area contributed by atoms with Crippen molar-refractivity contribution in [1.82, 2.24) is 9.97 Å². The van der Waals surface area contributed by atoms with Gasteiger partial charge in [0.15, 0.2) is 5.16 Å². The maximum atomic E-state index is 11.2. The Kier molecular flexibility index (Phi) is 3.50. The van der Waals surface area contributed by atoms with E-state index in [4.69, 9.17) is 11.5 Å². The highest BCUT2D eigenvalue weighted by Crippen LogP contribution is 2.30. The Morgan fingerprint density at radius 2 is 2.19 bits per heavy atom. The summed E-state index contributed by atoms with van der Waals surface area (Å²) < 4.78 is 0. The third-order valence-corrected chi connectivity index (χ3v) is 4.06. The number of nitrogens with zero attached hydrogens (tertiary/aromatic N) is 1. The SMILES string of the molecule is Nc1cc(=O)[nH]c(SC2CCCCC2N)n1. The molecular formula is C10H16N4OS. The van der Waals surface area contributed by atoms with Gasteiger partial charge >= 0.3 is 0 Å². The molecule has 0 saturated heterocycles. The first-order chi connectivity index (χ1) is 7.65. The van der Waals surface area contributed by atoms with Gasteiger partial charge in [-0.2, -0.15) is 0 Å². The summed E-state index contributed by atoms with van der Waals surface area (Å²) >= 11 is 1.53. The minimum atomic E-state index is -0.209. The largest absolute Gasteiger partial charge is 0.383 e. The van der Waals surface area contributed by atoms with E-state index in [1.165, 1.54) is 30.7 Å². The van der Waals surface area contributed by atoms with Crippen LogP contribution < -0.4 is 17.0 Å². The van der Waals surface area contributed by atoms with Crippen molar-refractivity contribution in [3.63, 3.8) is 0 Å². The van der Waals surface area contributed by atoms with Crippen molar-refractivity contribution < 1.29 is 0 Å². The molecule has 0 radical (unpaired) electrons. The Hall–Kier alpha value is -1.01. The van der Waals surface area contributed by atoms with E-state index in [1.807, 2.05) is 0 Å². The molecule has 0 amide bonds. The number of aromatic nitrogens is 2. The number of hydrogen-bond acceptors (Lipinski definition) is 5. The zero-order valence-electron chi connectivity index (χ0n) is 8.98. The number of aromatic amines is 1. The molecule has 5 N–H and O–H groups in total. The fourth-order valence-corrected chi connectivity index (χ4v) is 3.12. The highest BCUT2D eigenvalue weighted by Gasteiger charge is 2.23. The van der Waals surface area contributed by atoms with Crippen molar-refractivity contribution in [2.24, 2.45) is 5.73 Å². The minimum absolute atomic E-state index is 0.186. The van der Waals surface area contributed by atoms with Crippen LogP contribution in [0.3, 0.4) is 0 Å². The molecule has 2 unspecified atom stereocenters. The normalized spacial score (nSPS) is 25.6. The summed E-state index contributed by atoms with van der Waals surface area (Å²) in [5, 5.41) is 0.908. The van der Waals surface area contributed by atoms with Gasteiger partial charge < -0.3 is 16.5 Å². The van der Waals surface area contributed by atoms with Gasteiger partial charge in [-0.1, -0.05) is 24.6 Å². The van der Waals surface area contributed by atoms with Gasteiger partial charge in [0.05, 0.1) is 0 Å². The van der Waals surface area contributed by atoms with Crippen LogP contribution in [0.2, 0.25) is 0 Å². The lowest BCUT2D eigenvalue weighted by Gasteiger charge is -2.27. The summed E-state index contributed by atoms with van der Waals surface area (Å²) in [6, 6.07) is 1.47. The lowest BCUT2D eigenvalue weighted by molar-refractivity contribution is 0.453. The van der Waals surface area contributed by atoms with Crippen LogP contribution in [-0.2, 0) is 0 Å². The van der Waals surface area contributed by atoms with E-state index >= 15 is 0 Å². The molecule has 5 nitrogen and oxygen atoms in total. The van der Waals surface area contributed by atoms with Crippen LogP contribution in [0.1, 0.15) is 25.7 Å². The van der Waals surface area contributed by atoms with Gasteiger partial charge in [-0.15, -0.1) is 0 Å². The highest BCUT2D eigenvalue weighted by molar-refractivity contribution is 7.99. The van der Waals surface area contributed by atoms with Gasteiger partial charge in [0.25, 0.3) is 5.56 Å². The molecule has 0 aliphatic heterocycles. The van der Waals surface area contributed by atoms with E-state index < -0.39 is 0 Å². The molecule has 1 fully saturated rings. The number of nitrogens with two attached hydrogens (primary N) is 2. The van der Waals surface area contributed by atoms with Crippen molar-refractivity contribution in [1.29, 1.82) is 0 Å². The predicted molar refractivity (Wildman–Crippen MR) is 65.4 cm³/mol. The van der Waals surface area contributed by atoms with E-state index in [0.717, 1.165) is 12.8 Å². The fourth-order valence-electron chi connectivity index (χ4n) is 1.92. The Balaban J connectivity index is 2.10. The highest BCUT2D eigenvalue weighted by atomic mass is 32.2. The third kappa shape index (κ3) is 2.76. The standard InChI is InChI=1S/C10H16N4OS/c11-6-3-1-2-4-7(6)16-10-13-8(12)5-9(15)14-10/h5-7H,1-4,11H2,(H3,12,13,14,15). The summed E-state index contributed by atoms with van der Waals surface area (Å²) in [5.74, 6) is 0.260. The number of nitrogens with one attached hydrogen (secondary N) is 1. The van der Waals surface area contributed by atoms with Crippen molar-refractivity contribution >= 4 is 17.6 Å². The number of hydrogen-bond donors (Lipinski definition) is 3. The predicted octanol–water partition coefficient (Wildman–Crippen LogP) is 0.714. The van der Waals surface area contributed by atoms with Gasteiger partial charge in [-0.3, -0.25) is 4.79 Å². The third-order valence-electron chi connectivity index (χ3n) is 2.76. The van der Waals surface area contributed by atoms with Crippen LogP contribution in [-0.4, -0.2) is 21.3 Å². The lowest BCUT2D eigenvalue weighted by Crippen LogP contribution is -2.35. The van der Waals surface area contributed by atoms with Gasteiger partial charge in [-0.25, -0.2) is 4.98 Å². The second kappa shape index (κ2) is 4.88. The molecule has 1 aromatic rings. The molecule has 2 rings (SSSR count). The molecule has 1 saturated carbocycles. The molecule has 0 bridgehead atoms. The summed E-state index contributed by atoms with van der Waals surface area (Å²) in [6.45, 7) is 0.